The Labute approximate surface area is 154 Å². The van der Waals surface area contributed by atoms with Gasteiger partial charge >= 0.3 is 0 Å². The van der Waals surface area contributed by atoms with E-state index < -0.39 is 5.82 Å². The Hall–Kier alpha value is -3.43. The zero-order valence-electron chi connectivity index (χ0n) is 14.2. The molecule has 3 aromatic rings. The minimum Gasteiger partial charge on any atom is -0.338 e. The van der Waals surface area contributed by atoms with Crippen molar-refractivity contribution >= 4 is 34.5 Å². The van der Waals surface area contributed by atoms with E-state index in [1.54, 1.807) is 0 Å². The van der Waals surface area contributed by atoms with Crippen LogP contribution >= 0.6 is 0 Å². The third-order valence-corrected chi connectivity index (χ3v) is 4.48. The molecule has 3 heterocycles. The highest BCUT2D eigenvalue weighted by Crippen LogP contribution is 2.28. The Bertz CT molecular complexity index is 1020. The Morgan fingerprint density at radius 3 is 2.56 bits per heavy atom. The summed E-state index contributed by atoms with van der Waals surface area (Å²) >= 11 is 0. The third-order valence-electron chi connectivity index (χ3n) is 4.48. The minimum atomic E-state index is -0.517. The number of hydrazine groups is 2. The van der Waals surface area contributed by atoms with E-state index in [4.69, 9.17) is 0 Å². The fraction of sp³-hybridized carbons (Fsp3) is 0.111. The van der Waals surface area contributed by atoms with Gasteiger partial charge in [0.1, 0.15) is 0 Å². The number of nitrogens with one attached hydrogen (secondary N) is 6. The summed E-state index contributed by atoms with van der Waals surface area (Å²) < 4.78 is 14.2. The van der Waals surface area contributed by atoms with Crippen molar-refractivity contribution in [1.29, 1.82) is 0 Å². The number of fused-ring (bicyclic) bond motifs is 2. The van der Waals surface area contributed by atoms with Crippen molar-refractivity contribution in [3.8, 4) is 0 Å². The van der Waals surface area contributed by atoms with Gasteiger partial charge in [-0.2, -0.15) is 4.98 Å². The highest BCUT2D eigenvalue weighted by atomic mass is 19.1. The zero-order chi connectivity index (χ0) is 18.2. The van der Waals surface area contributed by atoms with Gasteiger partial charge in [0.25, 0.3) is 0 Å². The van der Waals surface area contributed by atoms with Crippen LogP contribution in [0, 0.1) is 5.82 Å². The molecule has 6 N–H and O–H groups in total. The van der Waals surface area contributed by atoms with E-state index in [9.17, 15) is 4.39 Å². The molecule has 5 rings (SSSR count). The number of rotatable bonds is 4. The number of hydrogen-bond acceptors (Lipinski definition) is 8. The molecule has 136 valence electrons. The summed E-state index contributed by atoms with van der Waals surface area (Å²) in [5, 5.41) is 6.14. The van der Waals surface area contributed by atoms with Gasteiger partial charge in [-0.3, -0.25) is 0 Å². The molecule has 0 radical (unpaired) electrons. The van der Waals surface area contributed by atoms with E-state index >= 15 is 0 Å². The molecule has 0 aliphatic carbocycles. The number of benzene rings is 2. The van der Waals surface area contributed by atoms with Crippen LogP contribution in [0.1, 0.15) is 11.1 Å². The largest absolute Gasteiger partial charge is 0.338 e. The topological polar surface area (TPSA) is 98.0 Å². The predicted molar refractivity (Wildman–Crippen MR) is 102 cm³/mol. The first kappa shape index (κ1) is 15.8. The first-order valence-corrected chi connectivity index (χ1v) is 8.55. The first-order chi connectivity index (χ1) is 13.2. The van der Waals surface area contributed by atoms with Crippen molar-refractivity contribution in [3.05, 3.63) is 59.5 Å². The van der Waals surface area contributed by atoms with Crippen molar-refractivity contribution < 1.29 is 4.39 Å². The van der Waals surface area contributed by atoms with E-state index in [1.807, 2.05) is 36.4 Å². The van der Waals surface area contributed by atoms with Crippen LogP contribution in [0.25, 0.3) is 0 Å². The van der Waals surface area contributed by atoms with Crippen LogP contribution in [-0.2, 0) is 13.1 Å². The summed E-state index contributed by atoms with van der Waals surface area (Å²) in [5.74, 6) is -0.0845. The summed E-state index contributed by atoms with van der Waals surface area (Å²) in [6.45, 7) is 1.49. The van der Waals surface area contributed by atoms with Gasteiger partial charge in [0, 0.05) is 24.5 Å². The number of anilines is 6. The van der Waals surface area contributed by atoms with Crippen LogP contribution in [0.15, 0.2) is 42.6 Å². The Morgan fingerprint density at radius 1 is 0.852 bits per heavy atom. The molecule has 0 fully saturated rings. The molecule has 0 saturated heterocycles. The fourth-order valence-electron chi connectivity index (χ4n) is 3.11. The normalized spacial score (nSPS) is 14.1. The molecule has 0 atom stereocenters. The Kier molecular flexibility index (Phi) is 3.73. The van der Waals surface area contributed by atoms with Crippen molar-refractivity contribution in [2.24, 2.45) is 0 Å². The summed E-state index contributed by atoms with van der Waals surface area (Å²) in [7, 11) is 0. The van der Waals surface area contributed by atoms with Gasteiger partial charge in [-0.15, -0.1) is 0 Å². The number of halogens is 1. The Balaban J connectivity index is 1.38. The third kappa shape index (κ3) is 3.09. The molecule has 0 bridgehead atoms. The molecule has 0 saturated carbocycles. The molecular formula is C18H17FN8. The van der Waals surface area contributed by atoms with Gasteiger partial charge < -0.3 is 21.5 Å². The highest BCUT2D eigenvalue weighted by Gasteiger charge is 2.13. The van der Waals surface area contributed by atoms with Gasteiger partial charge in [0.15, 0.2) is 11.6 Å². The van der Waals surface area contributed by atoms with Crippen LogP contribution < -0.4 is 32.3 Å². The number of aromatic nitrogens is 2. The maximum Gasteiger partial charge on any atom is 0.229 e. The van der Waals surface area contributed by atoms with E-state index in [2.05, 4.69) is 42.3 Å². The smallest absolute Gasteiger partial charge is 0.229 e. The molecule has 9 heteroatoms. The van der Waals surface area contributed by atoms with Crippen LogP contribution in [0.5, 0.6) is 0 Å². The van der Waals surface area contributed by atoms with Crippen molar-refractivity contribution in [3.63, 3.8) is 0 Å². The highest BCUT2D eigenvalue weighted by molar-refractivity contribution is 5.68. The molecule has 2 aliphatic rings. The van der Waals surface area contributed by atoms with Crippen LogP contribution in [-0.4, -0.2) is 9.97 Å². The second-order valence-corrected chi connectivity index (χ2v) is 6.34. The van der Waals surface area contributed by atoms with Gasteiger partial charge in [-0.1, -0.05) is 6.07 Å². The number of hydrogen-bond donors (Lipinski definition) is 6. The Morgan fingerprint density at radius 2 is 1.63 bits per heavy atom. The van der Waals surface area contributed by atoms with Crippen LogP contribution in [0.2, 0.25) is 0 Å². The van der Waals surface area contributed by atoms with Gasteiger partial charge in [-0.25, -0.2) is 20.2 Å². The van der Waals surface area contributed by atoms with Gasteiger partial charge in [0.2, 0.25) is 5.95 Å². The van der Waals surface area contributed by atoms with Crippen LogP contribution in [0.3, 0.4) is 0 Å². The molecule has 27 heavy (non-hydrogen) atoms. The molecule has 1 aromatic heterocycles. The maximum atomic E-state index is 14.2. The second-order valence-electron chi connectivity index (χ2n) is 6.34. The monoisotopic (exact) mass is 364 g/mol. The molecule has 0 unspecified atom stereocenters. The first-order valence-electron chi connectivity index (χ1n) is 8.55. The number of nitrogens with zero attached hydrogens (tertiary/aromatic N) is 2. The van der Waals surface area contributed by atoms with Gasteiger partial charge in [0.05, 0.1) is 17.6 Å². The fourth-order valence-corrected chi connectivity index (χ4v) is 3.11. The molecule has 8 nitrogen and oxygen atoms in total. The average Bonchev–Trinajstić information content (AvgIpc) is 3.32. The van der Waals surface area contributed by atoms with Crippen molar-refractivity contribution in [2.45, 2.75) is 13.1 Å². The van der Waals surface area contributed by atoms with E-state index in [0.717, 1.165) is 41.1 Å². The van der Waals surface area contributed by atoms with E-state index in [-0.39, 0.29) is 5.82 Å². The lowest BCUT2D eigenvalue weighted by Crippen LogP contribution is -2.10. The molecular weight excluding hydrogens is 347 g/mol. The quantitative estimate of drug-likeness (QED) is 0.421. The summed E-state index contributed by atoms with van der Waals surface area (Å²) in [5.41, 5.74) is 18.1. The second kappa shape index (κ2) is 6.38. The lowest BCUT2D eigenvalue weighted by molar-refractivity contribution is 0.619. The maximum absolute atomic E-state index is 14.2. The van der Waals surface area contributed by atoms with Crippen LogP contribution in [0.4, 0.5) is 38.9 Å². The SMILES string of the molecule is Fc1cnc(Nc2ccc3c(c2)NNC3)nc1Nc1ccc2c(c1)CNN2. The lowest BCUT2D eigenvalue weighted by Gasteiger charge is -2.11. The van der Waals surface area contributed by atoms with Crippen molar-refractivity contribution in [1.82, 2.24) is 20.8 Å². The minimum absolute atomic E-state index is 0.118. The molecule has 2 aromatic carbocycles. The standard InChI is InChI=1S/C18H17FN8/c19-14-9-20-18(24-13-2-1-10-7-21-27-16(10)6-13)25-17(14)23-12-3-4-15-11(5-12)8-22-26-15/h1-6,9,21-22,26-27H,7-8H2,(H2,20,23,24,25). The molecule has 2 aliphatic heterocycles. The summed E-state index contributed by atoms with van der Waals surface area (Å²) in [4.78, 5) is 8.31. The summed E-state index contributed by atoms with van der Waals surface area (Å²) in [6, 6.07) is 11.7. The van der Waals surface area contributed by atoms with E-state index in [0.29, 0.717) is 12.5 Å². The van der Waals surface area contributed by atoms with Crippen molar-refractivity contribution in [2.75, 3.05) is 21.5 Å². The summed E-state index contributed by atoms with van der Waals surface area (Å²) in [6.07, 6.45) is 1.15. The predicted octanol–water partition coefficient (Wildman–Crippen LogP) is 2.96. The molecule has 0 amide bonds. The zero-order valence-corrected chi connectivity index (χ0v) is 14.2. The van der Waals surface area contributed by atoms with Gasteiger partial charge in [-0.05, 0) is 41.5 Å². The lowest BCUT2D eigenvalue weighted by atomic mass is 10.2. The van der Waals surface area contributed by atoms with E-state index in [1.165, 1.54) is 5.56 Å². The molecule has 0 spiro atoms. The average molecular weight is 364 g/mol.